The first kappa shape index (κ1) is 21.3. The van der Waals surface area contributed by atoms with Gasteiger partial charge in [0.05, 0.1) is 17.9 Å². The van der Waals surface area contributed by atoms with Gasteiger partial charge in [-0.25, -0.2) is 4.68 Å². The molecular weight excluding hydrogens is 400 g/mol. The second-order valence-corrected chi connectivity index (χ2v) is 7.25. The van der Waals surface area contributed by atoms with Crippen LogP contribution in [0.15, 0.2) is 54.6 Å². The minimum absolute atomic E-state index is 0.142. The van der Waals surface area contributed by atoms with Gasteiger partial charge in [0.15, 0.2) is 0 Å². The van der Waals surface area contributed by atoms with Crippen LogP contribution in [0, 0.1) is 20.8 Å². The van der Waals surface area contributed by atoms with Crippen molar-refractivity contribution in [2.75, 3.05) is 11.9 Å². The lowest BCUT2D eigenvalue weighted by molar-refractivity contribution is -0.121. The van der Waals surface area contributed by atoms with Crippen molar-refractivity contribution < 1.29 is 9.59 Å². The highest BCUT2D eigenvalue weighted by molar-refractivity contribution is 6.31. The summed E-state index contributed by atoms with van der Waals surface area (Å²) in [5.74, 6) is -0.689. The molecule has 154 valence electrons. The molecule has 1 aromatic heterocycles. The lowest BCUT2D eigenvalue weighted by Gasteiger charge is -2.09. The number of carbonyl (C=O) groups excluding carboxylic acids is 2. The van der Waals surface area contributed by atoms with Gasteiger partial charge in [0.25, 0.3) is 0 Å². The second kappa shape index (κ2) is 9.41. The van der Waals surface area contributed by atoms with Crippen LogP contribution in [-0.2, 0) is 9.59 Å². The topological polar surface area (TPSA) is 76.0 Å². The average molecular weight is 423 g/mol. The standard InChI is InChI=1S/C23H23ClN4O2/c1-15-20(24)10-7-11-21(15)26-23(30)14-25-22(29)13-12-19-16(2)27-28(17(19)3)18-8-5-4-6-9-18/h4-13H,14H2,1-3H3,(H,25,29)(H,26,30)/b13-12+. The minimum Gasteiger partial charge on any atom is -0.343 e. The molecule has 0 aliphatic carbocycles. The van der Waals surface area contributed by atoms with Crippen LogP contribution < -0.4 is 10.6 Å². The third-order valence-corrected chi connectivity index (χ3v) is 5.12. The van der Waals surface area contributed by atoms with E-state index >= 15 is 0 Å². The lowest BCUT2D eigenvalue weighted by Crippen LogP contribution is -2.31. The van der Waals surface area contributed by atoms with Crippen molar-refractivity contribution in [2.45, 2.75) is 20.8 Å². The predicted octanol–water partition coefficient (Wildman–Crippen LogP) is 4.22. The van der Waals surface area contributed by atoms with E-state index < -0.39 is 0 Å². The Hall–Kier alpha value is -3.38. The van der Waals surface area contributed by atoms with Crippen molar-refractivity contribution >= 4 is 35.2 Å². The van der Waals surface area contributed by atoms with Gasteiger partial charge < -0.3 is 10.6 Å². The maximum absolute atomic E-state index is 12.2. The first-order chi connectivity index (χ1) is 14.4. The molecule has 0 aliphatic heterocycles. The van der Waals surface area contributed by atoms with E-state index in [0.717, 1.165) is 28.2 Å². The lowest BCUT2D eigenvalue weighted by atomic mass is 10.2. The zero-order valence-electron chi connectivity index (χ0n) is 17.1. The highest BCUT2D eigenvalue weighted by atomic mass is 35.5. The highest BCUT2D eigenvalue weighted by Gasteiger charge is 2.11. The summed E-state index contributed by atoms with van der Waals surface area (Å²) >= 11 is 6.05. The van der Waals surface area contributed by atoms with Crippen molar-refractivity contribution in [3.63, 3.8) is 0 Å². The number of hydrogen-bond acceptors (Lipinski definition) is 3. The quantitative estimate of drug-likeness (QED) is 0.584. The Morgan fingerprint density at radius 3 is 2.53 bits per heavy atom. The molecule has 1 heterocycles. The van der Waals surface area contributed by atoms with Crippen LogP contribution in [0.25, 0.3) is 11.8 Å². The largest absolute Gasteiger partial charge is 0.343 e. The highest BCUT2D eigenvalue weighted by Crippen LogP contribution is 2.22. The van der Waals surface area contributed by atoms with Crippen LogP contribution >= 0.6 is 11.6 Å². The van der Waals surface area contributed by atoms with Crippen LogP contribution in [0.3, 0.4) is 0 Å². The zero-order valence-corrected chi connectivity index (χ0v) is 17.8. The fraction of sp³-hybridized carbons (Fsp3) is 0.174. The van der Waals surface area contributed by atoms with E-state index in [1.807, 2.05) is 55.8 Å². The molecule has 2 amide bonds. The fourth-order valence-corrected chi connectivity index (χ4v) is 3.21. The second-order valence-electron chi connectivity index (χ2n) is 6.84. The fourth-order valence-electron chi connectivity index (χ4n) is 3.04. The van der Waals surface area contributed by atoms with Gasteiger partial charge in [0.1, 0.15) is 0 Å². The molecule has 0 radical (unpaired) electrons. The molecule has 3 aromatic rings. The van der Waals surface area contributed by atoms with Crippen molar-refractivity contribution in [2.24, 2.45) is 0 Å². The molecule has 0 unspecified atom stereocenters. The first-order valence-corrected chi connectivity index (χ1v) is 9.87. The molecule has 0 fully saturated rings. The average Bonchev–Trinajstić information content (AvgIpc) is 3.02. The number of hydrogen-bond donors (Lipinski definition) is 2. The van der Waals surface area contributed by atoms with Gasteiger partial charge in [0.2, 0.25) is 11.8 Å². The van der Waals surface area contributed by atoms with E-state index in [0.29, 0.717) is 10.7 Å². The third kappa shape index (κ3) is 4.96. The zero-order chi connectivity index (χ0) is 21.7. The number of carbonyl (C=O) groups is 2. The maximum atomic E-state index is 12.2. The summed E-state index contributed by atoms with van der Waals surface area (Å²) in [5, 5.41) is 10.5. The number of aromatic nitrogens is 2. The normalized spacial score (nSPS) is 10.9. The van der Waals surface area contributed by atoms with E-state index in [-0.39, 0.29) is 18.4 Å². The van der Waals surface area contributed by atoms with Crippen molar-refractivity contribution in [3.05, 3.63) is 82.1 Å². The Balaban J connectivity index is 1.61. The number of rotatable bonds is 6. The van der Waals surface area contributed by atoms with Gasteiger partial charge in [-0.2, -0.15) is 5.10 Å². The van der Waals surface area contributed by atoms with Gasteiger partial charge in [0, 0.05) is 28.0 Å². The van der Waals surface area contributed by atoms with Crippen LogP contribution in [0.2, 0.25) is 5.02 Å². The summed E-state index contributed by atoms with van der Waals surface area (Å²) in [6, 6.07) is 15.1. The number of aryl methyl sites for hydroxylation is 1. The summed E-state index contributed by atoms with van der Waals surface area (Å²) in [5.41, 5.74) is 4.96. The van der Waals surface area contributed by atoms with Crippen molar-refractivity contribution in [1.82, 2.24) is 15.1 Å². The van der Waals surface area contributed by atoms with Crippen LogP contribution in [-0.4, -0.2) is 28.1 Å². The van der Waals surface area contributed by atoms with E-state index in [2.05, 4.69) is 15.7 Å². The van der Waals surface area contributed by atoms with Gasteiger partial charge in [-0.3, -0.25) is 9.59 Å². The van der Waals surface area contributed by atoms with Gasteiger partial charge in [-0.1, -0.05) is 35.9 Å². The summed E-state index contributed by atoms with van der Waals surface area (Å²) in [6.07, 6.45) is 3.12. The SMILES string of the molecule is Cc1nn(-c2ccccc2)c(C)c1/C=C/C(=O)NCC(=O)Nc1cccc(Cl)c1C. The number of nitrogens with zero attached hydrogens (tertiary/aromatic N) is 2. The number of anilines is 1. The predicted molar refractivity (Wildman–Crippen MR) is 120 cm³/mol. The van der Waals surface area contributed by atoms with E-state index in [1.54, 1.807) is 24.3 Å². The summed E-state index contributed by atoms with van der Waals surface area (Å²) < 4.78 is 1.84. The van der Waals surface area contributed by atoms with Gasteiger partial charge in [-0.15, -0.1) is 0 Å². The molecule has 0 bridgehead atoms. The van der Waals surface area contributed by atoms with Crippen molar-refractivity contribution in [3.8, 4) is 5.69 Å². The smallest absolute Gasteiger partial charge is 0.244 e. The summed E-state index contributed by atoms with van der Waals surface area (Å²) in [4.78, 5) is 24.3. The molecule has 2 aromatic carbocycles. The van der Waals surface area contributed by atoms with Crippen LogP contribution in [0.4, 0.5) is 5.69 Å². The number of benzene rings is 2. The monoisotopic (exact) mass is 422 g/mol. The molecule has 2 N–H and O–H groups in total. The molecule has 3 rings (SSSR count). The van der Waals surface area contributed by atoms with Crippen LogP contribution in [0.5, 0.6) is 0 Å². The molecule has 6 nitrogen and oxygen atoms in total. The van der Waals surface area contributed by atoms with Gasteiger partial charge in [-0.05, 0) is 56.7 Å². The number of amides is 2. The molecule has 0 saturated heterocycles. The number of nitrogens with one attached hydrogen (secondary N) is 2. The Morgan fingerprint density at radius 2 is 1.80 bits per heavy atom. The molecule has 0 saturated carbocycles. The Labute approximate surface area is 180 Å². The van der Waals surface area contributed by atoms with E-state index in [9.17, 15) is 9.59 Å². The van der Waals surface area contributed by atoms with Gasteiger partial charge >= 0.3 is 0 Å². The van der Waals surface area contributed by atoms with Crippen LogP contribution in [0.1, 0.15) is 22.5 Å². The van der Waals surface area contributed by atoms with E-state index in [4.69, 9.17) is 11.6 Å². The Kier molecular flexibility index (Phi) is 6.69. The summed E-state index contributed by atoms with van der Waals surface area (Å²) in [7, 11) is 0. The van der Waals surface area contributed by atoms with Crippen molar-refractivity contribution in [1.29, 1.82) is 0 Å². The molecular formula is C23H23ClN4O2. The molecule has 0 spiro atoms. The van der Waals surface area contributed by atoms with E-state index in [1.165, 1.54) is 6.08 Å². The Bertz CT molecular complexity index is 1100. The number of para-hydroxylation sites is 1. The minimum atomic E-state index is -0.362. The maximum Gasteiger partial charge on any atom is 0.244 e. The molecule has 0 atom stereocenters. The first-order valence-electron chi connectivity index (χ1n) is 9.49. The number of halogens is 1. The summed E-state index contributed by atoms with van der Waals surface area (Å²) in [6.45, 7) is 5.52. The third-order valence-electron chi connectivity index (χ3n) is 4.71. The Morgan fingerprint density at radius 1 is 1.07 bits per heavy atom. The molecule has 30 heavy (non-hydrogen) atoms. The molecule has 0 aliphatic rings. The molecule has 7 heteroatoms.